The Kier molecular flexibility index (Phi) is 6.25. The van der Waals surface area contributed by atoms with Crippen molar-refractivity contribution in [3.05, 3.63) is 48.0 Å². The van der Waals surface area contributed by atoms with Crippen LogP contribution in [0.2, 0.25) is 0 Å². The van der Waals surface area contributed by atoms with Gasteiger partial charge in [0, 0.05) is 36.6 Å². The number of thiazole rings is 1. The van der Waals surface area contributed by atoms with Crippen molar-refractivity contribution in [3.63, 3.8) is 0 Å². The van der Waals surface area contributed by atoms with Gasteiger partial charge >= 0.3 is 0 Å². The number of thioether (sulfide) groups is 1. The summed E-state index contributed by atoms with van der Waals surface area (Å²) in [6.45, 7) is 7.73. The molecule has 1 aromatic heterocycles. The molecule has 1 saturated heterocycles. The fourth-order valence-electron chi connectivity index (χ4n) is 3.49. The van der Waals surface area contributed by atoms with Gasteiger partial charge in [0.2, 0.25) is 0 Å². The lowest BCUT2D eigenvalue weighted by molar-refractivity contribution is 0.0746. The minimum atomic E-state index is 0.117. The number of aromatic nitrogens is 1. The zero-order valence-electron chi connectivity index (χ0n) is 16.8. The van der Waals surface area contributed by atoms with E-state index in [1.807, 2.05) is 42.2 Å². The zero-order valence-corrected chi connectivity index (χ0v) is 18.4. The van der Waals surface area contributed by atoms with Crippen molar-refractivity contribution >= 4 is 44.4 Å². The molecule has 29 heavy (non-hydrogen) atoms. The van der Waals surface area contributed by atoms with Gasteiger partial charge in [-0.3, -0.25) is 4.79 Å². The SMILES string of the molecule is CCOc1cccc2sc(N3CCN(C(=O)c4cccc(SCC)c4)CC3)nc12. The van der Waals surface area contributed by atoms with E-state index < -0.39 is 0 Å². The third kappa shape index (κ3) is 4.36. The van der Waals surface area contributed by atoms with Crippen LogP contribution in [-0.4, -0.2) is 54.3 Å². The van der Waals surface area contributed by atoms with Crippen LogP contribution in [0.25, 0.3) is 10.2 Å². The van der Waals surface area contributed by atoms with Gasteiger partial charge in [-0.05, 0) is 43.0 Å². The fraction of sp³-hybridized carbons (Fsp3) is 0.364. The average molecular weight is 428 g/mol. The highest BCUT2D eigenvalue weighted by Gasteiger charge is 2.24. The van der Waals surface area contributed by atoms with E-state index in [9.17, 15) is 4.79 Å². The second kappa shape index (κ2) is 9.05. The monoisotopic (exact) mass is 427 g/mol. The summed E-state index contributed by atoms with van der Waals surface area (Å²) in [4.78, 5) is 23.1. The van der Waals surface area contributed by atoms with Crippen LogP contribution in [0.3, 0.4) is 0 Å². The summed E-state index contributed by atoms with van der Waals surface area (Å²) >= 11 is 3.45. The first-order valence-corrected chi connectivity index (χ1v) is 11.8. The Bertz CT molecular complexity index is 997. The van der Waals surface area contributed by atoms with Crippen molar-refractivity contribution < 1.29 is 9.53 Å². The minimum Gasteiger partial charge on any atom is -0.492 e. The summed E-state index contributed by atoms with van der Waals surface area (Å²) < 4.78 is 6.85. The number of hydrogen-bond donors (Lipinski definition) is 0. The number of carbonyl (C=O) groups is 1. The molecule has 7 heteroatoms. The van der Waals surface area contributed by atoms with Gasteiger partial charge in [0.15, 0.2) is 5.13 Å². The second-order valence-electron chi connectivity index (χ2n) is 6.77. The Morgan fingerprint density at radius 2 is 1.93 bits per heavy atom. The van der Waals surface area contributed by atoms with Crippen LogP contribution in [0.4, 0.5) is 5.13 Å². The van der Waals surface area contributed by atoms with Gasteiger partial charge in [-0.25, -0.2) is 4.98 Å². The van der Waals surface area contributed by atoms with Crippen LogP contribution in [-0.2, 0) is 0 Å². The number of para-hydroxylation sites is 1. The third-order valence-electron chi connectivity index (χ3n) is 4.90. The van der Waals surface area contributed by atoms with Crippen LogP contribution in [0.5, 0.6) is 5.75 Å². The number of benzene rings is 2. The normalized spacial score (nSPS) is 14.4. The van der Waals surface area contributed by atoms with Gasteiger partial charge in [-0.1, -0.05) is 30.4 Å². The van der Waals surface area contributed by atoms with E-state index in [0.717, 1.165) is 50.4 Å². The Morgan fingerprint density at radius 1 is 1.14 bits per heavy atom. The molecule has 5 nitrogen and oxygen atoms in total. The maximum absolute atomic E-state index is 12.9. The lowest BCUT2D eigenvalue weighted by Crippen LogP contribution is -2.48. The molecule has 0 spiro atoms. The number of rotatable bonds is 6. The first kappa shape index (κ1) is 20.0. The maximum Gasteiger partial charge on any atom is 0.254 e. The van der Waals surface area contributed by atoms with Crippen molar-refractivity contribution in [2.45, 2.75) is 18.7 Å². The molecule has 3 aromatic rings. The van der Waals surface area contributed by atoms with Crippen LogP contribution in [0, 0.1) is 0 Å². The first-order valence-electron chi connectivity index (χ1n) is 9.99. The Balaban J connectivity index is 1.44. The molecule has 1 fully saturated rings. The number of amides is 1. The first-order chi connectivity index (χ1) is 14.2. The van der Waals surface area contributed by atoms with Gasteiger partial charge in [0.05, 0.1) is 11.3 Å². The lowest BCUT2D eigenvalue weighted by Gasteiger charge is -2.34. The van der Waals surface area contributed by atoms with Crippen LogP contribution in [0.1, 0.15) is 24.2 Å². The van der Waals surface area contributed by atoms with Crippen molar-refractivity contribution in [2.75, 3.05) is 43.4 Å². The quantitative estimate of drug-likeness (QED) is 0.530. The number of piperazine rings is 1. The standard InChI is InChI=1S/C22H25N3O2S2/c1-3-27-18-9-6-10-19-20(18)23-22(29-19)25-13-11-24(12-14-25)21(26)16-7-5-8-17(15-16)28-4-2/h5-10,15H,3-4,11-14H2,1-2H3. The van der Waals surface area contributed by atoms with Gasteiger partial charge in [0.25, 0.3) is 5.91 Å². The molecule has 1 amide bonds. The molecule has 2 aromatic carbocycles. The molecule has 0 unspecified atom stereocenters. The van der Waals surface area contributed by atoms with E-state index in [4.69, 9.17) is 9.72 Å². The summed E-state index contributed by atoms with van der Waals surface area (Å²) in [7, 11) is 0. The highest BCUT2D eigenvalue weighted by molar-refractivity contribution is 7.99. The summed E-state index contributed by atoms with van der Waals surface area (Å²) in [5.41, 5.74) is 1.70. The lowest BCUT2D eigenvalue weighted by atomic mass is 10.2. The number of ether oxygens (including phenoxy) is 1. The molecule has 0 aliphatic carbocycles. The van der Waals surface area contributed by atoms with Gasteiger partial charge in [-0.2, -0.15) is 0 Å². The number of nitrogens with zero attached hydrogens (tertiary/aromatic N) is 3. The number of hydrogen-bond acceptors (Lipinski definition) is 6. The smallest absolute Gasteiger partial charge is 0.254 e. The molecule has 0 saturated carbocycles. The summed E-state index contributed by atoms with van der Waals surface area (Å²) in [6.07, 6.45) is 0. The van der Waals surface area contributed by atoms with Crippen LogP contribution < -0.4 is 9.64 Å². The van der Waals surface area contributed by atoms with E-state index >= 15 is 0 Å². The number of carbonyl (C=O) groups excluding carboxylic acids is 1. The molecule has 1 aliphatic heterocycles. The largest absolute Gasteiger partial charge is 0.492 e. The molecule has 0 N–H and O–H groups in total. The molecular weight excluding hydrogens is 402 g/mol. The highest BCUT2D eigenvalue weighted by Crippen LogP contribution is 2.34. The number of anilines is 1. The van der Waals surface area contributed by atoms with E-state index in [0.29, 0.717) is 19.7 Å². The fourth-order valence-corrected chi connectivity index (χ4v) is 5.24. The summed E-state index contributed by atoms with van der Waals surface area (Å²) in [5, 5.41) is 1.00. The molecule has 0 atom stereocenters. The Morgan fingerprint density at radius 3 is 2.69 bits per heavy atom. The number of fused-ring (bicyclic) bond motifs is 1. The minimum absolute atomic E-state index is 0.117. The molecule has 1 aliphatic rings. The highest BCUT2D eigenvalue weighted by atomic mass is 32.2. The molecular formula is C22H25N3O2S2. The van der Waals surface area contributed by atoms with E-state index in [1.54, 1.807) is 23.1 Å². The van der Waals surface area contributed by atoms with Crippen LogP contribution in [0.15, 0.2) is 47.4 Å². The molecule has 152 valence electrons. The Hall–Kier alpha value is -2.25. The van der Waals surface area contributed by atoms with E-state index in [-0.39, 0.29) is 5.91 Å². The maximum atomic E-state index is 12.9. The molecule has 4 rings (SSSR count). The third-order valence-corrected chi connectivity index (χ3v) is 6.86. The van der Waals surface area contributed by atoms with Gasteiger partial charge in [0.1, 0.15) is 11.3 Å². The van der Waals surface area contributed by atoms with Crippen molar-refractivity contribution in [3.8, 4) is 5.75 Å². The summed E-state index contributed by atoms with van der Waals surface area (Å²) in [6, 6.07) is 14.0. The summed E-state index contributed by atoms with van der Waals surface area (Å²) in [5.74, 6) is 1.96. The molecule has 2 heterocycles. The second-order valence-corrected chi connectivity index (χ2v) is 9.12. The van der Waals surface area contributed by atoms with Gasteiger partial charge < -0.3 is 14.5 Å². The van der Waals surface area contributed by atoms with Crippen LogP contribution >= 0.6 is 23.1 Å². The molecule has 0 bridgehead atoms. The van der Waals surface area contributed by atoms with Crippen molar-refractivity contribution in [1.29, 1.82) is 0 Å². The zero-order chi connectivity index (χ0) is 20.2. The molecule has 0 radical (unpaired) electrons. The van der Waals surface area contributed by atoms with E-state index in [1.165, 1.54) is 0 Å². The van der Waals surface area contributed by atoms with E-state index in [2.05, 4.69) is 24.0 Å². The Labute approximate surface area is 179 Å². The predicted molar refractivity (Wildman–Crippen MR) is 122 cm³/mol. The van der Waals surface area contributed by atoms with Crippen molar-refractivity contribution in [1.82, 2.24) is 9.88 Å². The topological polar surface area (TPSA) is 45.7 Å². The average Bonchev–Trinajstić information content (AvgIpc) is 3.19. The van der Waals surface area contributed by atoms with Crippen molar-refractivity contribution in [2.24, 2.45) is 0 Å². The predicted octanol–water partition coefficient (Wildman–Crippen LogP) is 4.77. The van der Waals surface area contributed by atoms with Gasteiger partial charge in [-0.15, -0.1) is 11.8 Å².